The van der Waals surface area contributed by atoms with Gasteiger partial charge in [0, 0.05) is 6.08 Å². The molecule has 0 amide bonds. The Morgan fingerprint density at radius 1 is 1.20 bits per heavy atom. The van der Waals surface area contributed by atoms with E-state index >= 15 is 0 Å². The van der Waals surface area contributed by atoms with Crippen LogP contribution in [-0.2, 0) is 19.0 Å². The number of rotatable bonds is 9. The van der Waals surface area contributed by atoms with Crippen molar-refractivity contribution in [3.63, 3.8) is 0 Å². The van der Waals surface area contributed by atoms with Gasteiger partial charge >= 0.3 is 5.97 Å². The lowest BCUT2D eigenvalue weighted by atomic mass is 9.99. The minimum Gasteiger partial charge on any atom is -0.504 e. The fraction of sp³-hybridized carbons (Fsp3) is 0.526. The summed E-state index contributed by atoms with van der Waals surface area (Å²) in [5.74, 6) is -0.542. The van der Waals surface area contributed by atoms with Crippen LogP contribution in [0.4, 0.5) is 0 Å². The number of ether oxygens (including phenoxy) is 4. The largest absolute Gasteiger partial charge is 0.504 e. The highest BCUT2D eigenvalue weighted by Gasteiger charge is 2.44. The van der Waals surface area contributed by atoms with Gasteiger partial charge in [-0.15, -0.1) is 0 Å². The zero-order valence-electron chi connectivity index (χ0n) is 16.2. The Labute approximate surface area is 172 Å². The van der Waals surface area contributed by atoms with Gasteiger partial charge in [0.05, 0.1) is 20.3 Å². The van der Waals surface area contributed by atoms with E-state index in [4.69, 9.17) is 24.1 Å². The molecule has 0 unspecified atom stereocenters. The van der Waals surface area contributed by atoms with Crippen LogP contribution < -0.4 is 4.74 Å². The normalized spacial score (nSPS) is 27.7. The van der Waals surface area contributed by atoms with Crippen molar-refractivity contribution in [1.29, 1.82) is 0 Å². The number of carbonyl (C=O) groups excluding carboxylic acids is 1. The number of hydrogen-bond acceptors (Lipinski definition) is 11. The SMILES string of the molecule is COc1cc(C=CC(=O)OC[C@@H](O)CO[C@@H]2O[C@H](CO)[C@@H](O)[C@H](O)[C@H]2O)ccc1O. The summed E-state index contributed by atoms with van der Waals surface area (Å²) in [4.78, 5) is 11.8. The number of esters is 1. The summed E-state index contributed by atoms with van der Waals surface area (Å²) in [6, 6.07) is 4.48. The Hall–Kier alpha value is -2.25. The molecule has 6 N–H and O–H groups in total. The predicted octanol–water partition coefficient (Wildman–Crippen LogP) is -1.87. The summed E-state index contributed by atoms with van der Waals surface area (Å²) in [6.45, 7) is -1.43. The standard InChI is InChI=1S/C19H26O11/c1-27-13-6-10(2-4-12(13)22)3-5-15(23)28-8-11(21)9-29-19-18(26)17(25)16(24)14(7-20)30-19/h2-6,11,14,16-22,24-26H,7-9H2,1H3/t11-,14-,16-,17+,18-,19-/m1/s1. The Morgan fingerprint density at radius 2 is 1.93 bits per heavy atom. The van der Waals surface area contributed by atoms with E-state index < -0.39 is 62.6 Å². The van der Waals surface area contributed by atoms with Gasteiger partial charge in [-0.2, -0.15) is 0 Å². The summed E-state index contributed by atoms with van der Waals surface area (Å²) in [6.07, 6.45) is -5.94. The Morgan fingerprint density at radius 3 is 2.60 bits per heavy atom. The van der Waals surface area contributed by atoms with E-state index in [1.165, 1.54) is 25.3 Å². The fourth-order valence-electron chi connectivity index (χ4n) is 2.65. The molecule has 11 heteroatoms. The van der Waals surface area contributed by atoms with Crippen molar-refractivity contribution in [1.82, 2.24) is 0 Å². The first-order chi connectivity index (χ1) is 14.3. The minimum absolute atomic E-state index is 0.0419. The molecule has 1 aliphatic rings. The summed E-state index contributed by atoms with van der Waals surface area (Å²) in [5.41, 5.74) is 0.577. The van der Waals surface area contributed by atoms with Crippen molar-refractivity contribution >= 4 is 12.0 Å². The van der Waals surface area contributed by atoms with Crippen molar-refractivity contribution in [3.05, 3.63) is 29.8 Å². The van der Waals surface area contributed by atoms with Gasteiger partial charge in [0.1, 0.15) is 37.1 Å². The number of methoxy groups -OCH3 is 1. The molecule has 1 aromatic rings. The van der Waals surface area contributed by atoms with Gasteiger partial charge in [-0.1, -0.05) is 6.07 Å². The molecule has 0 aromatic heterocycles. The molecule has 0 spiro atoms. The zero-order chi connectivity index (χ0) is 22.3. The molecule has 2 rings (SSSR count). The van der Waals surface area contributed by atoms with Crippen LogP contribution in [0, 0.1) is 0 Å². The molecule has 1 aliphatic heterocycles. The van der Waals surface area contributed by atoms with E-state index in [9.17, 15) is 30.3 Å². The molecule has 0 aliphatic carbocycles. The molecule has 0 bridgehead atoms. The smallest absolute Gasteiger partial charge is 0.330 e. The second-order valence-electron chi connectivity index (χ2n) is 6.58. The van der Waals surface area contributed by atoms with Crippen LogP contribution in [0.1, 0.15) is 5.56 Å². The second kappa shape index (κ2) is 11.2. The van der Waals surface area contributed by atoms with Crippen LogP contribution in [0.25, 0.3) is 6.08 Å². The maximum Gasteiger partial charge on any atom is 0.330 e. The van der Waals surface area contributed by atoms with Crippen LogP contribution in [0.15, 0.2) is 24.3 Å². The van der Waals surface area contributed by atoms with Gasteiger partial charge in [-0.3, -0.25) is 0 Å². The highest BCUT2D eigenvalue weighted by Crippen LogP contribution is 2.26. The average Bonchev–Trinajstić information content (AvgIpc) is 2.75. The van der Waals surface area contributed by atoms with E-state index in [0.717, 1.165) is 6.08 Å². The summed E-state index contributed by atoms with van der Waals surface area (Å²) in [7, 11) is 1.39. The molecule has 0 saturated carbocycles. The third kappa shape index (κ3) is 6.37. The fourth-order valence-corrected chi connectivity index (χ4v) is 2.65. The van der Waals surface area contributed by atoms with E-state index in [2.05, 4.69) is 0 Å². The number of benzene rings is 1. The third-order valence-electron chi connectivity index (χ3n) is 4.33. The summed E-state index contributed by atoms with van der Waals surface area (Å²) >= 11 is 0. The Balaban J connectivity index is 1.77. The number of carbonyl (C=O) groups is 1. The number of aliphatic hydroxyl groups is 5. The van der Waals surface area contributed by atoms with Crippen molar-refractivity contribution in [2.75, 3.05) is 26.9 Å². The number of aliphatic hydroxyl groups excluding tert-OH is 5. The van der Waals surface area contributed by atoms with Gasteiger partial charge in [-0.05, 0) is 23.8 Å². The van der Waals surface area contributed by atoms with Gasteiger partial charge in [0.25, 0.3) is 0 Å². The number of phenols is 1. The van der Waals surface area contributed by atoms with Crippen LogP contribution in [0.5, 0.6) is 11.5 Å². The molecule has 168 valence electrons. The van der Waals surface area contributed by atoms with E-state index in [0.29, 0.717) is 5.56 Å². The zero-order valence-corrected chi connectivity index (χ0v) is 16.2. The molecule has 0 radical (unpaired) electrons. The molecular formula is C19H26O11. The number of hydrogen-bond donors (Lipinski definition) is 6. The van der Waals surface area contributed by atoms with E-state index in [1.54, 1.807) is 6.07 Å². The predicted molar refractivity (Wildman–Crippen MR) is 100 cm³/mol. The molecule has 1 fully saturated rings. The molecule has 30 heavy (non-hydrogen) atoms. The lowest BCUT2D eigenvalue weighted by Gasteiger charge is -2.39. The Bertz CT molecular complexity index is 720. The second-order valence-corrected chi connectivity index (χ2v) is 6.58. The highest BCUT2D eigenvalue weighted by atomic mass is 16.7. The topological polar surface area (TPSA) is 175 Å². The van der Waals surface area contributed by atoms with E-state index in [-0.39, 0.29) is 11.5 Å². The molecule has 1 saturated heterocycles. The molecule has 1 aromatic carbocycles. The van der Waals surface area contributed by atoms with Gasteiger partial charge in [0.2, 0.25) is 0 Å². The molecule has 11 nitrogen and oxygen atoms in total. The highest BCUT2D eigenvalue weighted by molar-refractivity contribution is 5.87. The van der Waals surface area contributed by atoms with E-state index in [1.807, 2.05) is 0 Å². The average molecular weight is 430 g/mol. The molecule has 6 atom stereocenters. The van der Waals surface area contributed by atoms with Crippen molar-refractivity contribution < 1.29 is 54.4 Å². The number of phenolic OH excluding ortho intramolecular Hbond substituents is 1. The van der Waals surface area contributed by atoms with Crippen LogP contribution in [0.3, 0.4) is 0 Å². The quantitative estimate of drug-likeness (QED) is 0.191. The van der Waals surface area contributed by atoms with Crippen LogP contribution in [0.2, 0.25) is 0 Å². The van der Waals surface area contributed by atoms with Gasteiger partial charge in [-0.25, -0.2) is 4.79 Å². The number of aromatic hydroxyl groups is 1. The summed E-state index contributed by atoms with van der Waals surface area (Å²) < 4.78 is 20.1. The summed E-state index contributed by atoms with van der Waals surface area (Å²) in [5, 5.41) is 57.7. The van der Waals surface area contributed by atoms with Crippen LogP contribution in [-0.4, -0.2) is 100 Å². The lowest BCUT2D eigenvalue weighted by molar-refractivity contribution is -0.304. The van der Waals surface area contributed by atoms with Crippen LogP contribution >= 0.6 is 0 Å². The first kappa shape index (κ1) is 24.0. The first-order valence-electron chi connectivity index (χ1n) is 9.08. The van der Waals surface area contributed by atoms with Crippen molar-refractivity contribution in [2.45, 2.75) is 36.8 Å². The molecule has 1 heterocycles. The van der Waals surface area contributed by atoms with Gasteiger partial charge in [0.15, 0.2) is 17.8 Å². The first-order valence-corrected chi connectivity index (χ1v) is 9.08. The van der Waals surface area contributed by atoms with Gasteiger partial charge < -0.3 is 49.6 Å². The van der Waals surface area contributed by atoms with Crippen molar-refractivity contribution in [3.8, 4) is 11.5 Å². The monoisotopic (exact) mass is 430 g/mol. The maximum atomic E-state index is 11.8. The Kier molecular flexibility index (Phi) is 8.99. The van der Waals surface area contributed by atoms with Crippen molar-refractivity contribution in [2.24, 2.45) is 0 Å². The lowest BCUT2D eigenvalue weighted by Crippen LogP contribution is -2.59. The minimum atomic E-state index is -1.60. The maximum absolute atomic E-state index is 11.8. The molecular weight excluding hydrogens is 404 g/mol. The third-order valence-corrected chi connectivity index (χ3v) is 4.33.